The number of rotatable bonds is 12. The minimum absolute atomic E-state index is 0.0764. The molecular formula is C26H32I3N3O12. The molecule has 1 heterocycles. The van der Waals surface area contributed by atoms with Gasteiger partial charge in [-0.15, -0.1) is 0 Å². The highest BCUT2D eigenvalue weighted by atomic mass is 127. The van der Waals surface area contributed by atoms with E-state index in [9.17, 15) is 28.8 Å². The van der Waals surface area contributed by atoms with Crippen molar-refractivity contribution in [2.45, 2.75) is 72.3 Å². The van der Waals surface area contributed by atoms with Gasteiger partial charge in [0.05, 0.1) is 21.4 Å². The fourth-order valence-corrected chi connectivity index (χ4v) is 7.95. The molecule has 3 atom stereocenters. The van der Waals surface area contributed by atoms with Crippen molar-refractivity contribution in [3.05, 3.63) is 21.8 Å². The van der Waals surface area contributed by atoms with Crippen LogP contribution in [0.5, 0.6) is 0 Å². The average Bonchev–Trinajstić information content (AvgIpc) is 3.23. The maximum Gasteiger partial charge on any atom is 0.321 e. The van der Waals surface area contributed by atoms with Gasteiger partial charge in [0.25, 0.3) is 5.91 Å². The number of carbonyl (C=O) groups excluding carboxylic acids is 6. The van der Waals surface area contributed by atoms with Gasteiger partial charge in [-0.1, -0.05) is 0 Å². The highest BCUT2D eigenvalue weighted by Crippen LogP contribution is 2.36. The highest BCUT2D eigenvalue weighted by molar-refractivity contribution is 14.1. The molecule has 44 heavy (non-hydrogen) atoms. The third-order valence-corrected chi connectivity index (χ3v) is 9.05. The Morgan fingerprint density at radius 1 is 0.864 bits per heavy atom. The molecular weight excluding hydrogens is 927 g/mol. The van der Waals surface area contributed by atoms with Crippen molar-refractivity contribution >= 4 is 109 Å². The number of urea groups is 1. The Morgan fingerprint density at radius 3 is 1.98 bits per heavy atom. The topological polar surface area (TPSA) is 194 Å². The summed E-state index contributed by atoms with van der Waals surface area (Å²) in [4.78, 5) is 73.4. The smallest absolute Gasteiger partial charge is 0.321 e. The molecule has 15 nitrogen and oxygen atoms in total. The molecule has 1 aliphatic rings. The van der Waals surface area contributed by atoms with Crippen LogP contribution in [0.1, 0.15) is 57.5 Å². The number of benzene rings is 1. The zero-order valence-electron chi connectivity index (χ0n) is 24.6. The molecule has 0 saturated carbocycles. The molecule has 1 aromatic carbocycles. The molecule has 1 aliphatic heterocycles. The van der Waals surface area contributed by atoms with Crippen molar-refractivity contribution in [1.82, 2.24) is 10.6 Å². The number of anilines is 1. The van der Waals surface area contributed by atoms with Gasteiger partial charge in [-0.25, -0.2) is 4.79 Å². The van der Waals surface area contributed by atoms with Crippen molar-refractivity contribution in [2.75, 3.05) is 25.1 Å². The van der Waals surface area contributed by atoms with Crippen LogP contribution < -0.4 is 16.0 Å². The Hall–Kier alpha value is -2.05. The van der Waals surface area contributed by atoms with Crippen LogP contribution in [0.15, 0.2) is 0 Å². The van der Waals surface area contributed by atoms with Crippen LogP contribution in [-0.2, 0) is 54.2 Å². The molecule has 0 radical (unpaired) electrons. The molecule has 244 valence electrons. The molecule has 0 aromatic heterocycles. The molecule has 1 fully saturated rings. The van der Waals surface area contributed by atoms with Crippen LogP contribution >= 0.6 is 67.8 Å². The van der Waals surface area contributed by atoms with Gasteiger partial charge in [-0.05, 0) is 81.6 Å². The molecule has 3 unspecified atom stereocenters. The van der Waals surface area contributed by atoms with E-state index in [2.05, 4.69) is 16.0 Å². The van der Waals surface area contributed by atoms with E-state index >= 15 is 0 Å². The Kier molecular flexibility index (Phi) is 14.8. The van der Waals surface area contributed by atoms with E-state index in [4.69, 9.17) is 28.4 Å². The Balaban J connectivity index is 2.52. The monoisotopic (exact) mass is 959 g/mol. The summed E-state index contributed by atoms with van der Waals surface area (Å²) in [5.41, 5.74) is 0.743. The fourth-order valence-electron chi connectivity index (χ4n) is 3.71. The van der Waals surface area contributed by atoms with Crippen LogP contribution in [-0.4, -0.2) is 79.8 Å². The van der Waals surface area contributed by atoms with Gasteiger partial charge in [0.1, 0.15) is 25.9 Å². The molecule has 1 saturated heterocycles. The number of esters is 4. The van der Waals surface area contributed by atoms with Gasteiger partial charge in [-0.3, -0.25) is 24.0 Å². The first kappa shape index (κ1) is 38.1. The van der Waals surface area contributed by atoms with Gasteiger partial charge in [0.2, 0.25) is 0 Å². The minimum Gasteiger partial charge on any atom is -0.464 e. The van der Waals surface area contributed by atoms with E-state index in [1.807, 2.05) is 67.8 Å². The lowest BCUT2D eigenvalue weighted by Gasteiger charge is -2.28. The molecule has 18 heteroatoms. The molecule has 3 amide bonds. The molecule has 0 bridgehead atoms. The SMILES string of the molecule is CC(=O)OCc1c(I)c(NC(=O)NC2COC(C)(C)O2)c(I)c(C(=O)NC(COC(C)=O)C(COC(C)=O)OC(C)=O)c1I. The summed E-state index contributed by atoms with van der Waals surface area (Å²) < 4.78 is 32.9. The zero-order valence-corrected chi connectivity index (χ0v) is 31.1. The van der Waals surface area contributed by atoms with Crippen LogP contribution in [0.25, 0.3) is 0 Å². The van der Waals surface area contributed by atoms with Crippen molar-refractivity contribution in [1.29, 1.82) is 0 Å². The predicted octanol–water partition coefficient (Wildman–Crippen LogP) is 2.95. The summed E-state index contributed by atoms with van der Waals surface area (Å²) in [6.07, 6.45) is -1.95. The Morgan fingerprint density at radius 2 is 1.45 bits per heavy atom. The van der Waals surface area contributed by atoms with E-state index in [-0.39, 0.29) is 24.5 Å². The summed E-state index contributed by atoms with van der Waals surface area (Å²) in [7, 11) is 0. The summed E-state index contributed by atoms with van der Waals surface area (Å²) in [5, 5.41) is 8.08. The first-order valence-electron chi connectivity index (χ1n) is 12.9. The van der Waals surface area contributed by atoms with Gasteiger partial charge in [-0.2, -0.15) is 0 Å². The summed E-state index contributed by atoms with van der Waals surface area (Å²) in [6.45, 7) is 7.13. The molecule has 0 spiro atoms. The normalized spacial score (nSPS) is 16.6. The van der Waals surface area contributed by atoms with Crippen LogP contribution in [0, 0.1) is 10.7 Å². The molecule has 0 aliphatic carbocycles. The number of nitrogens with one attached hydrogen (secondary N) is 3. The lowest BCUT2D eigenvalue weighted by atomic mass is 10.1. The number of carbonyl (C=O) groups is 6. The second-order valence-electron chi connectivity index (χ2n) is 9.70. The summed E-state index contributed by atoms with van der Waals surface area (Å²) in [5.74, 6) is -4.22. The Labute approximate surface area is 294 Å². The lowest BCUT2D eigenvalue weighted by molar-refractivity contribution is -0.160. The fraction of sp³-hybridized carbons (Fsp3) is 0.538. The van der Waals surface area contributed by atoms with Gasteiger partial charge >= 0.3 is 29.9 Å². The predicted molar refractivity (Wildman–Crippen MR) is 177 cm³/mol. The van der Waals surface area contributed by atoms with Gasteiger partial charge in [0.15, 0.2) is 18.1 Å². The van der Waals surface area contributed by atoms with E-state index < -0.39 is 73.2 Å². The van der Waals surface area contributed by atoms with Crippen molar-refractivity contribution in [3.63, 3.8) is 0 Å². The third kappa shape index (κ3) is 11.7. The van der Waals surface area contributed by atoms with E-state index in [0.29, 0.717) is 16.3 Å². The number of ether oxygens (including phenoxy) is 6. The van der Waals surface area contributed by atoms with E-state index in [1.54, 1.807) is 13.8 Å². The second-order valence-corrected chi connectivity index (χ2v) is 12.9. The molecule has 2 rings (SSSR count). The van der Waals surface area contributed by atoms with E-state index in [1.165, 1.54) is 6.92 Å². The van der Waals surface area contributed by atoms with Crippen LogP contribution in [0.2, 0.25) is 0 Å². The van der Waals surface area contributed by atoms with Gasteiger partial charge in [0, 0.05) is 40.4 Å². The average molecular weight is 959 g/mol. The third-order valence-electron chi connectivity index (χ3n) is 5.59. The minimum atomic E-state index is -1.22. The molecule has 3 N–H and O–H groups in total. The number of hydrogen-bond acceptors (Lipinski definition) is 12. The standard InChI is InChI=1S/C26H32I3N3O12/c1-11(33)39-7-15-20(27)19(22(29)23(21(15)28)32-25(38)31-18-10-42-26(5,6)44-18)24(37)30-16(8-40-12(2)34)17(43-14(4)36)9-41-13(3)35/h16-18H,7-10H2,1-6H3,(H,30,37)(H2,31,32,38). The second kappa shape index (κ2) is 17.0. The number of halogens is 3. The zero-order chi connectivity index (χ0) is 33.4. The maximum absolute atomic E-state index is 13.9. The van der Waals surface area contributed by atoms with Crippen molar-refractivity contribution < 1.29 is 57.2 Å². The maximum atomic E-state index is 13.9. The Bertz CT molecular complexity index is 1310. The quantitative estimate of drug-likeness (QED) is 0.158. The number of hydrogen-bond donors (Lipinski definition) is 3. The van der Waals surface area contributed by atoms with Crippen molar-refractivity contribution in [2.24, 2.45) is 0 Å². The first-order valence-corrected chi connectivity index (χ1v) is 16.1. The summed E-state index contributed by atoms with van der Waals surface area (Å²) >= 11 is 5.79. The van der Waals surface area contributed by atoms with Gasteiger partial charge < -0.3 is 44.4 Å². The summed E-state index contributed by atoms with van der Waals surface area (Å²) in [6, 6.07) is -1.80. The highest BCUT2D eigenvalue weighted by Gasteiger charge is 2.35. The molecule has 1 aromatic rings. The largest absolute Gasteiger partial charge is 0.464 e. The van der Waals surface area contributed by atoms with E-state index in [0.717, 1.165) is 20.8 Å². The first-order chi connectivity index (χ1) is 20.4. The van der Waals surface area contributed by atoms with Crippen molar-refractivity contribution in [3.8, 4) is 0 Å². The number of amides is 3. The lowest BCUT2D eigenvalue weighted by Crippen LogP contribution is -2.50. The van der Waals surface area contributed by atoms with Crippen LogP contribution in [0.4, 0.5) is 10.5 Å². The van der Waals surface area contributed by atoms with Crippen LogP contribution in [0.3, 0.4) is 0 Å².